The van der Waals surface area contributed by atoms with Crippen molar-refractivity contribution in [2.45, 2.75) is 129 Å². The minimum Gasteiger partial charge on any atom is -0.507 e. The molecular weight excluding hydrogens is 815 g/mol. The Morgan fingerprint density at radius 3 is 1.54 bits per heavy atom. The van der Waals surface area contributed by atoms with Gasteiger partial charge in [0.25, 0.3) is 0 Å². The standard InChI is InChI=1S/C27H36N6O.C24H31N5O2/c1-17-12-23(33-10-7-11-33)19-13-20(24(34)14-22(19)28-17)21-8-9-25(30-29-21)32(6)18-15-26(2,3)31-27(4,5)16-18;1-23(2)13-15(14-24(3,4)28-23)29(5)22-8-7-18(26-27-22)16-11-17-19(12-20(16)30)25-10-9-21(17)31-6/h8-9,12-14,18,31,34H,7,10-11,15-16H2,1-6H3;7-12,15,28,30H,13-14H2,1-6H3. The van der Waals surface area contributed by atoms with Gasteiger partial charge in [-0.3, -0.25) is 9.97 Å². The quantitative estimate of drug-likeness (QED) is 0.115. The van der Waals surface area contributed by atoms with Crippen molar-refractivity contribution >= 4 is 39.1 Å². The lowest BCUT2D eigenvalue weighted by molar-refractivity contribution is 0.160. The summed E-state index contributed by atoms with van der Waals surface area (Å²) in [5.41, 5.74) is 6.40. The molecule has 14 nitrogen and oxygen atoms in total. The lowest BCUT2D eigenvalue weighted by atomic mass is 9.79. The van der Waals surface area contributed by atoms with Gasteiger partial charge in [0.1, 0.15) is 17.2 Å². The molecule has 65 heavy (non-hydrogen) atoms. The van der Waals surface area contributed by atoms with E-state index in [0.717, 1.165) is 72.4 Å². The van der Waals surface area contributed by atoms with Crippen LogP contribution in [0.3, 0.4) is 0 Å². The molecule has 3 fully saturated rings. The molecule has 4 N–H and O–H groups in total. The number of aryl methyl sites for hydroxylation is 1. The van der Waals surface area contributed by atoms with E-state index in [2.05, 4.69) is 131 Å². The Morgan fingerprint density at radius 1 is 0.631 bits per heavy atom. The highest BCUT2D eigenvalue weighted by atomic mass is 16.5. The number of hydrogen-bond acceptors (Lipinski definition) is 14. The largest absolute Gasteiger partial charge is 0.507 e. The second-order valence-corrected chi connectivity index (χ2v) is 21.1. The van der Waals surface area contributed by atoms with Crippen molar-refractivity contribution in [2.75, 3.05) is 49.0 Å². The van der Waals surface area contributed by atoms with Crippen LogP contribution in [0.15, 0.2) is 66.9 Å². The molecule has 0 amide bonds. The number of benzene rings is 2. The number of aromatic hydroxyl groups is 2. The number of phenols is 2. The predicted molar refractivity (Wildman–Crippen MR) is 262 cm³/mol. The zero-order chi connectivity index (χ0) is 46.6. The van der Waals surface area contributed by atoms with E-state index in [1.807, 2.05) is 43.3 Å². The first-order valence-electron chi connectivity index (χ1n) is 22.9. The van der Waals surface area contributed by atoms with E-state index < -0.39 is 0 Å². The molecule has 4 aromatic heterocycles. The highest BCUT2D eigenvalue weighted by Crippen LogP contribution is 2.40. The fourth-order valence-electron chi connectivity index (χ4n) is 10.7. The van der Waals surface area contributed by atoms with Crippen molar-refractivity contribution in [3.63, 3.8) is 0 Å². The molecule has 0 spiro atoms. The third kappa shape index (κ3) is 9.89. The van der Waals surface area contributed by atoms with Gasteiger partial charge in [-0.1, -0.05) is 0 Å². The van der Waals surface area contributed by atoms with E-state index >= 15 is 0 Å². The molecule has 0 saturated carbocycles. The summed E-state index contributed by atoms with van der Waals surface area (Å²) in [6.45, 7) is 22.1. The van der Waals surface area contributed by atoms with Crippen LogP contribution in [0.1, 0.15) is 93.2 Å². The molecule has 0 bridgehead atoms. The van der Waals surface area contributed by atoms with Crippen LogP contribution in [0.4, 0.5) is 17.3 Å². The van der Waals surface area contributed by atoms with Gasteiger partial charge in [0.05, 0.1) is 29.5 Å². The Morgan fingerprint density at radius 2 is 1.11 bits per heavy atom. The van der Waals surface area contributed by atoms with Crippen molar-refractivity contribution in [1.29, 1.82) is 0 Å². The van der Waals surface area contributed by atoms with E-state index in [9.17, 15) is 10.2 Å². The number of piperidine rings is 2. The monoisotopic (exact) mass is 882 g/mol. The molecule has 0 radical (unpaired) electrons. The fraction of sp³-hybridized carbons (Fsp3) is 0.490. The molecule has 0 atom stereocenters. The third-order valence-electron chi connectivity index (χ3n) is 13.3. The fourth-order valence-corrected chi connectivity index (χ4v) is 10.7. The number of rotatable bonds is 8. The average Bonchev–Trinajstić information content (AvgIpc) is 3.20. The van der Waals surface area contributed by atoms with Gasteiger partial charge in [0, 0.05) is 113 Å². The van der Waals surface area contributed by atoms with Crippen LogP contribution in [0.5, 0.6) is 17.2 Å². The SMILES string of the molecule is COc1ccnc2cc(O)c(-c3ccc(N(C)C4CC(C)(C)NC(C)(C)C4)nn3)cc12.Cc1cc(N2CCC2)c2cc(-c3ccc(N(C)C4CC(C)(C)NC(C)(C)C4)nn3)c(O)cc2n1. The molecular formula is C51H67N11O3. The number of hydrogen-bond donors (Lipinski definition) is 4. The van der Waals surface area contributed by atoms with E-state index in [0.29, 0.717) is 45.9 Å². The maximum absolute atomic E-state index is 10.8. The van der Waals surface area contributed by atoms with Crippen LogP contribution < -0.4 is 30.1 Å². The Kier molecular flexibility index (Phi) is 12.1. The third-order valence-corrected chi connectivity index (χ3v) is 13.3. The number of pyridine rings is 2. The highest BCUT2D eigenvalue weighted by Gasteiger charge is 2.41. The van der Waals surface area contributed by atoms with Crippen molar-refractivity contribution < 1.29 is 14.9 Å². The number of aromatic nitrogens is 6. The molecule has 3 aliphatic heterocycles. The van der Waals surface area contributed by atoms with E-state index in [1.165, 1.54) is 12.1 Å². The van der Waals surface area contributed by atoms with Crippen LogP contribution in [0.25, 0.3) is 44.3 Å². The second kappa shape index (κ2) is 17.2. The van der Waals surface area contributed by atoms with Crippen LogP contribution in [-0.2, 0) is 0 Å². The topological polar surface area (TPSA) is 161 Å². The number of nitrogens with zero attached hydrogens (tertiary/aromatic N) is 9. The number of anilines is 3. The van der Waals surface area contributed by atoms with Crippen molar-refractivity contribution in [2.24, 2.45) is 0 Å². The zero-order valence-electron chi connectivity index (χ0n) is 40.3. The number of nitrogens with one attached hydrogen (secondary N) is 2. The first-order chi connectivity index (χ1) is 30.6. The van der Waals surface area contributed by atoms with Gasteiger partial charge in [-0.15, -0.1) is 20.4 Å². The van der Waals surface area contributed by atoms with Gasteiger partial charge in [-0.05, 0) is 143 Å². The summed E-state index contributed by atoms with van der Waals surface area (Å²) in [6, 6.07) is 19.7. The molecule has 0 unspecified atom stereocenters. The summed E-state index contributed by atoms with van der Waals surface area (Å²) in [6.07, 6.45) is 6.98. The summed E-state index contributed by atoms with van der Waals surface area (Å²) in [7, 11) is 5.80. The van der Waals surface area contributed by atoms with E-state index in [-0.39, 0.29) is 33.7 Å². The molecule has 9 rings (SSSR count). The first-order valence-corrected chi connectivity index (χ1v) is 22.9. The summed E-state index contributed by atoms with van der Waals surface area (Å²) in [5, 5.41) is 48.7. The minimum absolute atomic E-state index is 0.0536. The van der Waals surface area contributed by atoms with Gasteiger partial charge in [0.15, 0.2) is 11.6 Å². The summed E-state index contributed by atoms with van der Waals surface area (Å²) in [4.78, 5) is 15.8. The smallest absolute Gasteiger partial charge is 0.151 e. The van der Waals surface area contributed by atoms with Gasteiger partial charge < -0.3 is 40.3 Å². The maximum atomic E-state index is 10.8. The predicted octanol–water partition coefficient (Wildman–Crippen LogP) is 8.81. The molecule has 3 saturated heterocycles. The number of phenolic OH excluding ortho intramolecular Hbond substituents is 2. The number of fused-ring (bicyclic) bond motifs is 2. The highest BCUT2D eigenvalue weighted by molar-refractivity contribution is 5.97. The van der Waals surface area contributed by atoms with Gasteiger partial charge in [0.2, 0.25) is 0 Å². The van der Waals surface area contributed by atoms with Crippen molar-refractivity contribution in [1.82, 2.24) is 41.0 Å². The Balaban J connectivity index is 0.000000178. The van der Waals surface area contributed by atoms with Crippen LogP contribution in [0.2, 0.25) is 0 Å². The summed E-state index contributed by atoms with van der Waals surface area (Å²) < 4.78 is 5.44. The number of methoxy groups -OCH3 is 1. The van der Waals surface area contributed by atoms with E-state index in [4.69, 9.17) is 4.74 Å². The van der Waals surface area contributed by atoms with Crippen LogP contribution >= 0.6 is 0 Å². The van der Waals surface area contributed by atoms with Gasteiger partial charge in [-0.2, -0.15) is 0 Å². The molecule has 0 aliphatic carbocycles. The Bertz CT molecular complexity index is 2650. The van der Waals surface area contributed by atoms with E-state index in [1.54, 1.807) is 31.5 Å². The zero-order valence-corrected chi connectivity index (χ0v) is 40.3. The molecule has 344 valence electrons. The van der Waals surface area contributed by atoms with Crippen LogP contribution in [0, 0.1) is 6.92 Å². The maximum Gasteiger partial charge on any atom is 0.151 e. The lowest BCUT2D eigenvalue weighted by Crippen LogP contribution is -2.62. The van der Waals surface area contributed by atoms with Gasteiger partial charge >= 0.3 is 0 Å². The molecule has 3 aliphatic rings. The van der Waals surface area contributed by atoms with Crippen molar-refractivity contribution in [3.05, 3.63) is 72.6 Å². The normalized spacial score (nSPS) is 19.0. The Hall–Kier alpha value is -5.86. The lowest BCUT2D eigenvalue weighted by Gasteiger charge is -2.49. The average molecular weight is 882 g/mol. The van der Waals surface area contributed by atoms with Crippen molar-refractivity contribution in [3.8, 4) is 39.8 Å². The Labute approximate surface area is 383 Å². The van der Waals surface area contributed by atoms with Crippen LogP contribution in [-0.4, -0.2) is 109 Å². The summed E-state index contributed by atoms with van der Waals surface area (Å²) >= 11 is 0. The van der Waals surface area contributed by atoms with Gasteiger partial charge in [-0.25, -0.2) is 0 Å². The molecule has 7 heterocycles. The number of ether oxygens (including phenoxy) is 1. The second-order valence-electron chi connectivity index (χ2n) is 21.1. The molecule has 6 aromatic rings. The first kappa shape index (κ1) is 45.7. The summed E-state index contributed by atoms with van der Waals surface area (Å²) in [5.74, 6) is 2.66. The molecule has 14 heteroatoms. The minimum atomic E-state index is 0.0536. The molecule has 2 aromatic carbocycles.